The van der Waals surface area contributed by atoms with Gasteiger partial charge in [-0.25, -0.2) is 9.97 Å². The number of aryl methyl sites for hydroxylation is 1. The van der Waals surface area contributed by atoms with Gasteiger partial charge in [0, 0.05) is 68.5 Å². The Morgan fingerprint density at radius 2 is 1.68 bits per heavy atom. The summed E-state index contributed by atoms with van der Waals surface area (Å²) in [7, 11) is 0. The van der Waals surface area contributed by atoms with E-state index < -0.39 is 23.8 Å². The Labute approximate surface area is 353 Å². The number of hydrogen-bond acceptors (Lipinski definition) is 12. The van der Waals surface area contributed by atoms with Gasteiger partial charge in [-0.15, -0.1) is 0 Å². The van der Waals surface area contributed by atoms with Crippen LogP contribution < -0.4 is 15.4 Å². The second-order valence-electron chi connectivity index (χ2n) is 14.8. The van der Waals surface area contributed by atoms with Gasteiger partial charge in [0.15, 0.2) is 0 Å². The molecule has 3 N–H and O–H groups in total. The number of nitrogens with zero attached hydrogens (tertiary/aromatic N) is 5. The molecule has 314 valence electrons. The van der Waals surface area contributed by atoms with Crippen molar-refractivity contribution in [2.24, 2.45) is 0 Å². The van der Waals surface area contributed by atoms with E-state index in [4.69, 9.17) is 25.8 Å². The molecule has 0 saturated carbocycles. The molecule has 0 bridgehead atoms. The number of amides is 4. The fourth-order valence-electron chi connectivity index (χ4n) is 7.28. The molecule has 4 heterocycles. The largest absolute Gasteiger partial charge is 0.491 e. The molecule has 2 fully saturated rings. The first kappa shape index (κ1) is 42.4. The number of imide groups is 2. The molecule has 0 radical (unpaired) electrons. The van der Waals surface area contributed by atoms with Crippen molar-refractivity contribution in [3.63, 3.8) is 0 Å². The number of carbonyl (C=O) groups is 4. The molecular formula is C44H49ClN8O7. The Morgan fingerprint density at radius 3 is 2.45 bits per heavy atom. The van der Waals surface area contributed by atoms with Crippen LogP contribution in [0, 0.1) is 6.92 Å². The van der Waals surface area contributed by atoms with Crippen LogP contribution in [0.1, 0.15) is 39.9 Å². The van der Waals surface area contributed by atoms with Crippen LogP contribution >= 0.6 is 11.6 Å². The number of aromatic nitrogens is 3. The van der Waals surface area contributed by atoms with E-state index in [0.717, 1.165) is 82.9 Å². The van der Waals surface area contributed by atoms with Crippen molar-refractivity contribution in [1.82, 2.24) is 35.0 Å². The molecule has 15 nitrogen and oxygen atoms in total. The van der Waals surface area contributed by atoms with Crippen molar-refractivity contribution in [2.45, 2.75) is 38.9 Å². The zero-order valence-corrected chi connectivity index (χ0v) is 34.3. The van der Waals surface area contributed by atoms with Gasteiger partial charge in [-0.3, -0.25) is 39.2 Å². The Kier molecular flexibility index (Phi) is 14.5. The molecule has 2 aliphatic rings. The molecule has 60 heavy (non-hydrogen) atoms. The minimum Gasteiger partial charge on any atom is -0.491 e. The molecule has 0 spiro atoms. The maximum absolute atomic E-state index is 13.2. The lowest BCUT2D eigenvalue weighted by Gasteiger charge is -2.34. The molecule has 2 saturated heterocycles. The van der Waals surface area contributed by atoms with E-state index in [2.05, 4.69) is 65.7 Å². The third-order valence-electron chi connectivity index (χ3n) is 10.7. The Balaban J connectivity index is 0.760. The maximum Gasteiger partial charge on any atom is 0.261 e. The molecule has 7 rings (SSSR count). The van der Waals surface area contributed by atoms with Gasteiger partial charge >= 0.3 is 0 Å². The lowest BCUT2D eigenvalue weighted by atomic mass is 10.0. The van der Waals surface area contributed by atoms with E-state index in [-0.39, 0.29) is 25.0 Å². The van der Waals surface area contributed by atoms with Crippen molar-refractivity contribution in [3.05, 3.63) is 106 Å². The second-order valence-corrected chi connectivity index (χ2v) is 15.2. The summed E-state index contributed by atoms with van der Waals surface area (Å²) in [5, 5.41) is 7.23. The first-order valence-corrected chi connectivity index (χ1v) is 20.5. The molecule has 2 aromatic heterocycles. The summed E-state index contributed by atoms with van der Waals surface area (Å²) in [6, 6.07) is 22.5. The third-order valence-corrected chi connectivity index (χ3v) is 11.1. The molecule has 2 aliphatic heterocycles. The number of nitrogens with one attached hydrogen (secondary N) is 3. The molecule has 1 atom stereocenters. The number of anilines is 1. The normalized spacial score (nSPS) is 16.1. The second kappa shape index (κ2) is 20.5. The summed E-state index contributed by atoms with van der Waals surface area (Å²) in [6.07, 6.45) is 2.03. The topological polar surface area (TPSA) is 171 Å². The van der Waals surface area contributed by atoms with Crippen LogP contribution in [-0.2, 0) is 36.9 Å². The van der Waals surface area contributed by atoms with Crippen molar-refractivity contribution in [1.29, 1.82) is 0 Å². The van der Waals surface area contributed by atoms with Gasteiger partial charge in [0.1, 0.15) is 36.2 Å². The highest BCUT2D eigenvalue weighted by Crippen LogP contribution is 2.28. The zero-order valence-electron chi connectivity index (χ0n) is 33.5. The van der Waals surface area contributed by atoms with Gasteiger partial charge in [-0.1, -0.05) is 60.1 Å². The number of ether oxygens (including phenoxy) is 3. The lowest BCUT2D eigenvalue weighted by molar-refractivity contribution is -0.139. The van der Waals surface area contributed by atoms with Gasteiger partial charge in [-0.2, -0.15) is 0 Å². The van der Waals surface area contributed by atoms with Crippen molar-refractivity contribution in [3.8, 4) is 17.0 Å². The van der Waals surface area contributed by atoms with Crippen LogP contribution in [0.5, 0.6) is 5.75 Å². The van der Waals surface area contributed by atoms with Crippen molar-refractivity contribution < 1.29 is 33.4 Å². The number of aromatic amines is 1. The lowest BCUT2D eigenvalue weighted by Crippen LogP contribution is -2.53. The number of H-pyrrole nitrogens is 1. The van der Waals surface area contributed by atoms with Gasteiger partial charge in [0.2, 0.25) is 18.2 Å². The summed E-state index contributed by atoms with van der Waals surface area (Å²) in [6.45, 7) is 10.1. The van der Waals surface area contributed by atoms with E-state index in [1.165, 1.54) is 5.56 Å². The fraction of sp³-hybridized carbons (Fsp3) is 0.364. The number of carbonyl (C=O) groups excluding carboxylic acids is 4. The van der Waals surface area contributed by atoms with E-state index in [0.29, 0.717) is 50.7 Å². The molecule has 5 aromatic rings. The van der Waals surface area contributed by atoms with Crippen LogP contribution in [0.2, 0.25) is 5.02 Å². The number of benzene rings is 3. The average Bonchev–Trinajstić information content (AvgIpc) is 3.70. The van der Waals surface area contributed by atoms with E-state index >= 15 is 0 Å². The van der Waals surface area contributed by atoms with Crippen molar-refractivity contribution >= 4 is 52.6 Å². The maximum atomic E-state index is 13.2. The summed E-state index contributed by atoms with van der Waals surface area (Å²) in [4.78, 5) is 66.9. The first-order chi connectivity index (χ1) is 29.2. The quantitative estimate of drug-likeness (QED) is 0.0589. The zero-order chi connectivity index (χ0) is 41.8. The van der Waals surface area contributed by atoms with Gasteiger partial charge in [0.25, 0.3) is 5.91 Å². The monoisotopic (exact) mass is 836 g/mol. The highest BCUT2D eigenvalue weighted by Gasteiger charge is 2.35. The standard InChI is InChI=1S/C44H49ClN8O7/c1-30-6-11-34(24-35(30)44(57)53(29-54)39-12-13-40(55)50-43(39)56)60-23-22-59-21-20-58-19-18-51-14-16-52(17-15-51)27-31-7-9-32(10-8-31)38-25-36-41(47-28-48-42(36)49-38)46-26-33-4-2-3-5-37(33)45/h2-11,24-25,28-29,39H,12-23,26-27H2,1H3,(H,50,55,56)(H2,46,47,48,49). The summed E-state index contributed by atoms with van der Waals surface area (Å²) < 4.78 is 17.3. The SMILES string of the molecule is Cc1ccc(OCCOCCOCCN2CCN(Cc3ccc(-c4cc5c(NCc6ccccc6Cl)ncnc5[nH]4)cc3)CC2)cc1C(=O)N(C=O)C1CCC(=O)NC1=O. The van der Waals surface area contributed by atoms with Crippen LogP contribution in [-0.4, -0.2) is 126 Å². The van der Waals surface area contributed by atoms with Crippen LogP contribution in [0.25, 0.3) is 22.3 Å². The number of fused-ring (bicyclic) bond motifs is 1. The van der Waals surface area contributed by atoms with Gasteiger partial charge in [0.05, 0.1) is 31.8 Å². The predicted octanol–water partition coefficient (Wildman–Crippen LogP) is 4.83. The third kappa shape index (κ3) is 10.9. The van der Waals surface area contributed by atoms with E-state index in [9.17, 15) is 19.2 Å². The smallest absolute Gasteiger partial charge is 0.261 e. The van der Waals surface area contributed by atoms with Crippen LogP contribution in [0.15, 0.2) is 79.1 Å². The Bertz CT molecular complexity index is 2280. The van der Waals surface area contributed by atoms with Crippen molar-refractivity contribution in [2.75, 3.05) is 71.1 Å². The summed E-state index contributed by atoms with van der Waals surface area (Å²) in [5.41, 5.74) is 5.98. The molecule has 3 aromatic carbocycles. The van der Waals surface area contributed by atoms with Crippen LogP contribution in [0.4, 0.5) is 5.82 Å². The predicted molar refractivity (Wildman–Crippen MR) is 227 cm³/mol. The van der Waals surface area contributed by atoms with Gasteiger partial charge in [-0.05, 0) is 59.9 Å². The van der Waals surface area contributed by atoms with E-state index in [1.807, 2.05) is 24.3 Å². The Morgan fingerprint density at radius 1 is 0.933 bits per heavy atom. The number of halogens is 1. The number of piperazine rings is 1. The first-order valence-electron chi connectivity index (χ1n) is 20.1. The molecule has 4 amide bonds. The summed E-state index contributed by atoms with van der Waals surface area (Å²) >= 11 is 6.35. The number of rotatable bonds is 19. The minimum absolute atomic E-state index is 0.0525. The minimum atomic E-state index is -1.04. The Hall–Kier alpha value is -5.71. The van der Waals surface area contributed by atoms with E-state index in [1.54, 1.807) is 31.5 Å². The number of piperidine rings is 1. The molecule has 1 unspecified atom stereocenters. The molecule has 0 aliphatic carbocycles. The highest BCUT2D eigenvalue weighted by atomic mass is 35.5. The highest BCUT2D eigenvalue weighted by molar-refractivity contribution is 6.31. The average molecular weight is 837 g/mol. The molecule has 16 heteroatoms. The molecular weight excluding hydrogens is 788 g/mol. The summed E-state index contributed by atoms with van der Waals surface area (Å²) in [5.74, 6) is -0.532. The van der Waals surface area contributed by atoms with Gasteiger partial charge < -0.3 is 24.5 Å². The van der Waals surface area contributed by atoms with Crippen LogP contribution in [0.3, 0.4) is 0 Å². The fourth-order valence-corrected chi connectivity index (χ4v) is 7.48. The number of hydrogen-bond donors (Lipinski definition) is 3.